The van der Waals surface area contributed by atoms with Gasteiger partial charge in [0.25, 0.3) is 0 Å². The highest BCUT2D eigenvalue weighted by Gasteiger charge is 2.33. The molecule has 0 radical (unpaired) electrons. The van der Waals surface area contributed by atoms with Crippen LogP contribution in [0.15, 0.2) is 18.2 Å². The molecule has 1 aromatic carbocycles. The van der Waals surface area contributed by atoms with E-state index in [1.807, 2.05) is 0 Å². The molecule has 19 heavy (non-hydrogen) atoms. The van der Waals surface area contributed by atoms with Gasteiger partial charge in [0, 0.05) is 11.6 Å². The van der Waals surface area contributed by atoms with Crippen LogP contribution in [0.5, 0.6) is 0 Å². The van der Waals surface area contributed by atoms with E-state index in [2.05, 4.69) is 5.32 Å². The molecule has 0 aromatic heterocycles. The van der Waals surface area contributed by atoms with Crippen LogP contribution in [0.4, 0.5) is 10.1 Å². The van der Waals surface area contributed by atoms with Crippen LogP contribution in [0, 0.1) is 24.6 Å². The van der Waals surface area contributed by atoms with Crippen LogP contribution < -0.4 is 5.32 Å². The van der Waals surface area contributed by atoms with Crippen LogP contribution >= 0.6 is 0 Å². The summed E-state index contributed by atoms with van der Waals surface area (Å²) in [5, 5.41) is 11.6. The van der Waals surface area contributed by atoms with Crippen molar-refractivity contribution in [3.05, 3.63) is 29.6 Å². The number of hydrogen-bond acceptors (Lipinski definition) is 2. The molecular weight excluding hydrogens is 249 g/mol. The Kier molecular flexibility index (Phi) is 3.83. The molecule has 0 bridgehead atoms. The molecular formula is C14H16FNO3. The summed E-state index contributed by atoms with van der Waals surface area (Å²) in [4.78, 5) is 22.9. The van der Waals surface area contributed by atoms with Crippen molar-refractivity contribution >= 4 is 17.6 Å². The average molecular weight is 265 g/mol. The summed E-state index contributed by atoms with van der Waals surface area (Å²) in [6.45, 7) is 1.72. The molecule has 2 rings (SSSR count). The monoisotopic (exact) mass is 265 g/mol. The Labute approximate surface area is 110 Å². The Bertz CT molecular complexity index is 515. The number of benzene rings is 1. The molecule has 1 aromatic rings. The Balaban J connectivity index is 2.00. The minimum atomic E-state index is -0.840. The number of anilines is 1. The van der Waals surface area contributed by atoms with Gasteiger partial charge >= 0.3 is 5.97 Å². The zero-order valence-electron chi connectivity index (χ0n) is 10.6. The van der Waals surface area contributed by atoms with Crippen LogP contribution in [0.25, 0.3) is 0 Å². The van der Waals surface area contributed by atoms with Crippen molar-refractivity contribution in [2.45, 2.75) is 26.2 Å². The number of carboxylic acids is 1. The third-order valence-corrected chi connectivity index (χ3v) is 3.60. The Morgan fingerprint density at radius 1 is 1.32 bits per heavy atom. The second-order valence-corrected chi connectivity index (χ2v) is 4.99. The Morgan fingerprint density at radius 3 is 2.58 bits per heavy atom. The summed E-state index contributed by atoms with van der Waals surface area (Å²) in [5.41, 5.74) is 1.23. The maximum absolute atomic E-state index is 12.9. The van der Waals surface area contributed by atoms with Crippen molar-refractivity contribution in [1.29, 1.82) is 0 Å². The summed E-state index contributed by atoms with van der Waals surface area (Å²) in [5.74, 6) is -2.07. The number of carbonyl (C=O) groups is 2. The second kappa shape index (κ2) is 5.38. The molecule has 1 aliphatic carbocycles. The predicted octanol–water partition coefficient (Wildman–Crippen LogP) is 2.57. The van der Waals surface area contributed by atoms with Gasteiger partial charge in [-0.05, 0) is 49.9 Å². The van der Waals surface area contributed by atoms with Gasteiger partial charge in [0.1, 0.15) is 5.82 Å². The lowest BCUT2D eigenvalue weighted by molar-refractivity contribution is -0.141. The third-order valence-electron chi connectivity index (χ3n) is 3.60. The minimum absolute atomic E-state index is 0.182. The van der Waals surface area contributed by atoms with Gasteiger partial charge in [0.05, 0.1) is 5.92 Å². The molecule has 1 fully saturated rings. The van der Waals surface area contributed by atoms with E-state index in [4.69, 9.17) is 5.11 Å². The molecule has 2 N–H and O–H groups in total. The van der Waals surface area contributed by atoms with Gasteiger partial charge in [-0.15, -0.1) is 0 Å². The number of carbonyl (C=O) groups excluding carboxylic acids is 1. The van der Waals surface area contributed by atoms with Crippen LogP contribution in [0.3, 0.4) is 0 Å². The first-order valence-corrected chi connectivity index (χ1v) is 6.27. The molecule has 2 atom stereocenters. The molecule has 1 aliphatic rings. The SMILES string of the molecule is Cc1cc(F)ccc1NC(=O)[C@@H]1CC[C@H](C(=O)O)C1. The van der Waals surface area contributed by atoms with E-state index in [0.717, 1.165) is 0 Å². The quantitative estimate of drug-likeness (QED) is 0.882. The van der Waals surface area contributed by atoms with E-state index in [1.54, 1.807) is 6.92 Å². The van der Waals surface area contributed by atoms with Crippen molar-refractivity contribution in [3.63, 3.8) is 0 Å². The standard InChI is InChI=1S/C14H16FNO3/c1-8-6-11(15)4-5-12(8)16-13(17)9-2-3-10(7-9)14(18)19/h4-6,9-10H,2-3,7H2,1H3,(H,16,17)(H,18,19)/t9-,10+/m1/s1. The summed E-state index contributed by atoms with van der Waals surface area (Å²) in [7, 11) is 0. The summed E-state index contributed by atoms with van der Waals surface area (Å²) >= 11 is 0. The molecule has 1 amide bonds. The lowest BCUT2D eigenvalue weighted by Crippen LogP contribution is -2.22. The first kappa shape index (κ1) is 13.5. The van der Waals surface area contributed by atoms with Gasteiger partial charge in [-0.2, -0.15) is 0 Å². The van der Waals surface area contributed by atoms with Crippen molar-refractivity contribution in [1.82, 2.24) is 0 Å². The Morgan fingerprint density at radius 2 is 2.00 bits per heavy atom. The highest BCUT2D eigenvalue weighted by molar-refractivity contribution is 5.93. The van der Waals surface area contributed by atoms with Crippen molar-refractivity contribution < 1.29 is 19.1 Å². The fraction of sp³-hybridized carbons (Fsp3) is 0.429. The fourth-order valence-electron chi connectivity index (χ4n) is 2.45. The van der Waals surface area contributed by atoms with Gasteiger partial charge in [0.15, 0.2) is 0 Å². The van der Waals surface area contributed by atoms with Gasteiger partial charge in [-0.1, -0.05) is 0 Å². The maximum atomic E-state index is 12.9. The molecule has 0 aliphatic heterocycles. The number of carboxylic acid groups (broad SMARTS) is 1. The van der Waals surface area contributed by atoms with E-state index < -0.39 is 11.9 Å². The van der Waals surface area contributed by atoms with Crippen molar-refractivity contribution in [3.8, 4) is 0 Å². The van der Waals surface area contributed by atoms with Crippen molar-refractivity contribution in [2.75, 3.05) is 5.32 Å². The molecule has 0 spiro atoms. The number of hydrogen-bond donors (Lipinski definition) is 2. The number of amides is 1. The van der Waals surface area contributed by atoms with E-state index in [9.17, 15) is 14.0 Å². The summed E-state index contributed by atoms with van der Waals surface area (Å²) in [6, 6.07) is 4.16. The van der Waals surface area contributed by atoms with Crippen LogP contribution in [-0.4, -0.2) is 17.0 Å². The highest BCUT2D eigenvalue weighted by Crippen LogP contribution is 2.32. The average Bonchev–Trinajstić information content (AvgIpc) is 2.82. The van der Waals surface area contributed by atoms with Crippen LogP contribution in [0.1, 0.15) is 24.8 Å². The first-order valence-electron chi connectivity index (χ1n) is 6.27. The molecule has 102 valence electrons. The zero-order valence-corrected chi connectivity index (χ0v) is 10.6. The normalized spacial score (nSPS) is 22.2. The number of nitrogens with one attached hydrogen (secondary N) is 1. The predicted molar refractivity (Wildman–Crippen MR) is 68.2 cm³/mol. The second-order valence-electron chi connectivity index (χ2n) is 4.99. The molecule has 5 heteroatoms. The minimum Gasteiger partial charge on any atom is -0.481 e. The van der Waals surface area contributed by atoms with Gasteiger partial charge in [0.2, 0.25) is 5.91 Å². The van der Waals surface area contributed by atoms with Gasteiger partial charge < -0.3 is 10.4 Å². The Hall–Kier alpha value is -1.91. The summed E-state index contributed by atoms with van der Waals surface area (Å²) < 4.78 is 12.9. The zero-order chi connectivity index (χ0) is 14.0. The van der Waals surface area contributed by atoms with E-state index in [-0.39, 0.29) is 17.6 Å². The lowest BCUT2D eigenvalue weighted by Gasteiger charge is -2.12. The number of aryl methyl sites for hydroxylation is 1. The molecule has 0 saturated heterocycles. The topological polar surface area (TPSA) is 66.4 Å². The third kappa shape index (κ3) is 3.10. The van der Waals surface area contributed by atoms with Gasteiger partial charge in [-0.3, -0.25) is 9.59 Å². The van der Waals surface area contributed by atoms with Crippen LogP contribution in [-0.2, 0) is 9.59 Å². The fourth-order valence-corrected chi connectivity index (χ4v) is 2.45. The molecule has 0 heterocycles. The van der Waals surface area contributed by atoms with Crippen molar-refractivity contribution in [2.24, 2.45) is 11.8 Å². The first-order chi connectivity index (χ1) is 8.97. The maximum Gasteiger partial charge on any atom is 0.306 e. The van der Waals surface area contributed by atoms with E-state index >= 15 is 0 Å². The van der Waals surface area contributed by atoms with E-state index in [0.29, 0.717) is 30.5 Å². The largest absolute Gasteiger partial charge is 0.481 e. The van der Waals surface area contributed by atoms with E-state index in [1.165, 1.54) is 18.2 Å². The lowest BCUT2D eigenvalue weighted by atomic mass is 10.0. The number of aliphatic carboxylic acids is 1. The molecule has 1 saturated carbocycles. The molecule has 4 nitrogen and oxygen atoms in total. The highest BCUT2D eigenvalue weighted by atomic mass is 19.1. The number of halogens is 1. The smallest absolute Gasteiger partial charge is 0.306 e. The summed E-state index contributed by atoms with van der Waals surface area (Å²) in [6.07, 6.45) is 1.50. The van der Waals surface area contributed by atoms with Crippen LogP contribution in [0.2, 0.25) is 0 Å². The van der Waals surface area contributed by atoms with Gasteiger partial charge in [-0.25, -0.2) is 4.39 Å². The number of rotatable bonds is 3. The molecule has 0 unspecified atom stereocenters.